The Bertz CT molecular complexity index is 731. The van der Waals surface area contributed by atoms with E-state index in [0.717, 1.165) is 21.9 Å². The lowest BCUT2D eigenvalue weighted by atomic mass is 10.1. The van der Waals surface area contributed by atoms with Crippen LogP contribution in [0.1, 0.15) is 10.8 Å². The quantitative estimate of drug-likeness (QED) is 0.643. The molecule has 0 aliphatic carbocycles. The van der Waals surface area contributed by atoms with Crippen molar-refractivity contribution in [3.8, 4) is 5.75 Å². The van der Waals surface area contributed by atoms with Gasteiger partial charge >= 0.3 is 0 Å². The van der Waals surface area contributed by atoms with Crippen LogP contribution in [0.25, 0.3) is 0 Å². The third-order valence-electron chi connectivity index (χ3n) is 4.57. The predicted molar refractivity (Wildman–Crippen MR) is 107 cm³/mol. The van der Waals surface area contributed by atoms with Gasteiger partial charge in [0.05, 0.1) is 51.3 Å². The SMILES string of the molecule is COc1ccc(C2Sc3ccccc3N(CC[N+](C)(C)[O-])CC2O)cc1. The highest BCUT2D eigenvalue weighted by Gasteiger charge is 2.30. The number of fused-ring (bicyclic) bond motifs is 1. The van der Waals surface area contributed by atoms with Crippen LogP contribution in [0, 0.1) is 5.21 Å². The van der Waals surface area contributed by atoms with Crippen molar-refractivity contribution in [1.29, 1.82) is 0 Å². The molecule has 3 rings (SSSR count). The van der Waals surface area contributed by atoms with Crippen LogP contribution in [0.4, 0.5) is 5.69 Å². The predicted octanol–water partition coefficient (Wildman–Crippen LogP) is 3.28. The van der Waals surface area contributed by atoms with Crippen LogP contribution >= 0.6 is 11.8 Å². The van der Waals surface area contributed by atoms with E-state index >= 15 is 0 Å². The molecule has 1 aliphatic heterocycles. The minimum absolute atomic E-state index is 0.0678. The van der Waals surface area contributed by atoms with Crippen molar-refractivity contribution >= 4 is 17.4 Å². The molecule has 0 amide bonds. The summed E-state index contributed by atoms with van der Waals surface area (Å²) in [6, 6.07) is 16.0. The average molecular weight is 375 g/mol. The largest absolute Gasteiger partial charge is 0.633 e. The van der Waals surface area contributed by atoms with E-state index in [2.05, 4.69) is 17.0 Å². The summed E-state index contributed by atoms with van der Waals surface area (Å²) in [6.07, 6.45) is -0.539. The Morgan fingerprint density at radius 1 is 1.19 bits per heavy atom. The second-order valence-electron chi connectivity index (χ2n) is 7.09. The number of hydrogen-bond acceptors (Lipinski definition) is 5. The van der Waals surface area contributed by atoms with Crippen molar-refractivity contribution < 1.29 is 14.5 Å². The molecule has 6 heteroatoms. The van der Waals surface area contributed by atoms with E-state index in [1.54, 1.807) is 33.0 Å². The molecule has 0 bridgehead atoms. The van der Waals surface area contributed by atoms with Gasteiger partial charge in [0.2, 0.25) is 0 Å². The molecule has 2 aromatic rings. The maximum Gasteiger partial charge on any atom is 0.118 e. The lowest BCUT2D eigenvalue weighted by Gasteiger charge is -2.37. The van der Waals surface area contributed by atoms with Gasteiger partial charge in [-0.25, -0.2) is 0 Å². The Morgan fingerprint density at radius 3 is 2.54 bits per heavy atom. The normalized spacial score (nSPS) is 20.4. The van der Waals surface area contributed by atoms with Gasteiger partial charge in [0.25, 0.3) is 0 Å². The number of β-amino-alcohol motifs (C(OH)–C–C–N with tert-alkyl or cyclic N) is 1. The summed E-state index contributed by atoms with van der Waals surface area (Å²) in [7, 11) is 4.94. The topological polar surface area (TPSA) is 55.8 Å². The van der Waals surface area contributed by atoms with Crippen LogP contribution in [0.5, 0.6) is 5.75 Å². The molecule has 0 fully saturated rings. The zero-order valence-corrected chi connectivity index (χ0v) is 16.3. The van der Waals surface area contributed by atoms with E-state index in [0.29, 0.717) is 19.6 Å². The number of aliphatic hydroxyl groups excluding tert-OH is 1. The summed E-state index contributed by atoms with van der Waals surface area (Å²) in [4.78, 5) is 3.26. The van der Waals surface area contributed by atoms with Crippen molar-refractivity contribution in [2.75, 3.05) is 45.7 Å². The molecule has 0 radical (unpaired) electrons. The minimum atomic E-state index is -0.539. The van der Waals surface area contributed by atoms with Gasteiger partial charge in [-0.1, -0.05) is 24.3 Å². The third kappa shape index (κ3) is 4.51. The summed E-state index contributed by atoms with van der Waals surface area (Å²) >= 11 is 1.67. The molecule has 140 valence electrons. The number of hydroxylamine groups is 3. The molecule has 0 saturated carbocycles. The van der Waals surface area contributed by atoms with Gasteiger partial charge in [-0.15, -0.1) is 11.8 Å². The first-order valence-corrected chi connectivity index (χ1v) is 9.62. The van der Waals surface area contributed by atoms with E-state index in [1.807, 2.05) is 36.4 Å². The molecule has 0 aromatic heterocycles. The standard InChI is InChI=1S/C20H26N2O3S/c1-22(2,24)13-12-21-14-18(23)20(15-8-10-16(25-3)11-9-15)26-19-7-5-4-6-17(19)21/h4-11,18,20,23H,12-14H2,1-3H3. The maximum atomic E-state index is 12.0. The molecule has 5 nitrogen and oxygen atoms in total. The average Bonchev–Trinajstić information content (AvgIpc) is 2.76. The zero-order valence-electron chi connectivity index (χ0n) is 15.5. The summed E-state index contributed by atoms with van der Waals surface area (Å²) in [5.41, 5.74) is 2.15. The van der Waals surface area contributed by atoms with Gasteiger partial charge in [0.1, 0.15) is 5.75 Å². The summed E-state index contributed by atoms with van der Waals surface area (Å²) < 4.78 is 4.89. The van der Waals surface area contributed by atoms with Crippen molar-refractivity contribution in [2.45, 2.75) is 16.2 Å². The van der Waals surface area contributed by atoms with Crippen LogP contribution in [0.2, 0.25) is 0 Å². The number of aliphatic hydroxyl groups is 1. The van der Waals surface area contributed by atoms with Gasteiger partial charge < -0.3 is 24.6 Å². The fourth-order valence-corrected chi connectivity index (χ4v) is 4.40. The highest BCUT2D eigenvalue weighted by molar-refractivity contribution is 7.99. The molecular formula is C20H26N2O3S. The Hall–Kier alpha value is -1.73. The number of rotatable bonds is 5. The number of hydrogen-bond donors (Lipinski definition) is 1. The van der Waals surface area contributed by atoms with E-state index < -0.39 is 6.10 Å². The van der Waals surface area contributed by atoms with Crippen LogP contribution in [0.15, 0.2) is 53.4 Å². The number of methoxy groups -OCH3 is 1. The molecule has 0 saturated heterocycles. The van der Waals surface area contributed by atoms with Crippen molar-refractivity contribution in [2.24, 2.45) is 0 Å². The number of quaternary nitrogens is 1. The van der Waals surface area contributed by atoms with E-state index in [4.69, 9.17) is 4.74 Å². The zero-order chi connectivity index (χ0) is 18.7. The first-order chi connectivity index (χ1) is 12.4. The number of nitrogens with zero attached hydrogens (tertiary/aromatic N) is 2. The second kappa shape index (κ2) is 7.88. The van der Waals surface area contributed by atoms with Crippen molar-refractivity contribution in [3.63, 3.8) is 0 Å². The monoisotopic (exact) mass is 374 g/mol. The second-order valence-corrected chi connectivity index (χ2v) is 8.27. The lowest BCUT2D eigenvalue weighted by Crippen LogP contribution is -2.43. The van der Waals surface area contributed by atoms with Gasteiger partial charge in [-0.3, -0.25) is 0 Å². The third-order valence-corrected chi connectivity index (χ3v) is 6.01. The van der Waals surface area contributed by atoms with Crippen LogP contribution in [-0.4, -0.2) is 56.7 Å². The van der Waals surface area contributed by atoms with Crippen molar-refractivity contribution in [3.05, 3.63) is 59.3 Å². The number of thioether (sulfide) groups is 1. The number of benzene rings is 2. The van der Waals surface area contributed by atoms with E-state index in [9.17, 15) is 10.3 Å². The number of likely N-dealkylation sites (N-methyl/N-ethyl adjacent to an activating group) is 1. The van der Waals surface area contributed by atoms with E-state index in [-0.39, 0.29) is 9.90 Å². The van der Waals surface area contributed by atoms with Gasteiger partial charge in [-0.05, 0) is 29.8 Å². The molecule has 2 aromatic carbocycles. The fraction of sp³-hybridized carbons (Fsp3) is 0.400. The maximum absolute atomic E-state index is 12.0. The Kier molecular flexibility index (Phi) is 5.77. The summed E-state index contributed by atoms with van der Waals surface area (Å²) in [5, 5.41) is 22.9. The Labute approximate surface area is 159 Å². The Morgan fingerprint density at radius 2 is 1.88 bits per heavy atom. The smallest absolute Gasteiger partial charge is 0.118 e. The molecular weight excluding hydrogens is 348 g/mol. The number of anilines is 1. The highest BCUT2D eigenvalue weighted by atomic mass is 32.2. The molecule has 2 atom stereocenters. The first-order valence-electron chi connectivity index (χ1n) is 8.74. The van der Waals surface area contributed by atoms with Gasteiger partial charge in [0.15, 0.2) is 0 Å². The molecule has 26 heavy (non-hydrogen) atoms. The highest BCUT2D eigenvalue weighted by Crippen LogP contribution is 2.45. The molecule has 1 aliphatic rings. The van der Waals surface area contributed by atoms with Crippen LogP contribution < -0.4 is 9.64 Å². The molecule has 0 spiro atoms. The van der Waals surface area contributed by atoms with Crippen LogP contribution in [-0.2, 0) is 0 Å². The van der Waals surface area contributed by atoms with E-state index in [1.165, 1.54) is 0 Å². The number of para-hydroxylation sites is 1. The molecule has 2 unspecified atom stereocenters. The van der Waals surface area contributed by atoms with Crippen LogP contribution in [0.3, 0.4) is 0 Å². The summed E-state index contributed by atoms with van der Waals surface area (Å²) in [5.74, 6) is 0.805. The number of ether oxygens (including phenoxy) is 1. The van der Waals surface area contributed by atoms with Gasteiger partial charge in [-0.2, -0.15) is 0 Å². The van der Waals surface area contributed by atoms with Gasteiger partial charge in [0, 0.05) is 11.4 Å². The first kappa shape index (κ1) is 19.0. The van der Waals surface area contributed by atoms with Crippen molar-refractivity contribution in [1.82, 2.24) is 0 Å². The lowest BCUT2D eigenvalue weighted by molar-refractivity contribution is -0.838. The minimum Gasteiger partial charge on any atom is -0.633 e. The molecule has 1 N–H and O–H groups in total. The summed E-state index contributed by atoms with van der Waals surface area (Å²) in [6.45, 7) is 1.58. The Balaban J connectivity index is 1.88. The molecule has 1 heterocycles. The fourth-order valence-electron chi connectivity index (χ4n) is 3.11.